The molecule has 0 unspecified atom stereocenters. The summed E-state index contributed by atoms with van der Waals surface area (Å²) < 4.78 is 28.5. The molecule has 1 fully saturated rings. The fraction of sp³-hybridized carbons (Fsp3) is 0.250. The van der Waals surface area contributed by atoms with Gasteiger partial charge in [0.1, 0.15) is 0 Å². The molecule has 6 nitrogen and oxygen atoms in total. The van der Waals surface area contributed by atoms with Crippen molar-refractivity contribution in [2.24, 2.45) is 5.92 Å². The van der Waals surface area contributed by atoms with E-state index in [4.69, 9.17) is 0 Å². The zero-order valence-corrected chi connectivity index (χ0v) is 20.1. The minimum absolute atomic E-state index is 0.0631. The van der Waals surface area contributed by atoms with Crippen LogP contribution >= 0.6 is 0 Å². The number of hydrogen-bond acceptors (Lipinski definition) is 4. The lowest BCUT2D eigenvalue weighted by Gasteiger charge is -2.27. The van der Waals surface area contributed by atoms with Gasteiger partial charge in [0, 0.05) is 35.2 Å². The van der Waals surface area contributed by atoms with Gasteiger partial charge in [0.05, 0.1) is 16.5 Å². The zero-order chi connectivity index (χ0) is 24.4. The second-order valence-electron chi connectivity index (χ2n) is 9.07. The Labute approximate surface area is 205 Å². The van der Waals surface area contributed by atoms with Crippen molar-refractivity contribution in [1.82, 2.24) is 9.29 Å². The number of nitrogens with zero attached hydrogens (tertiary/aromatic N) is 1. The van der Waals surface area contributed by atoms with Gasteiger partial charge in [0.15, 0.2) is 0 Å². The van der Waals surface area contributed by atoms with E-state index in [2.05, 4.69) is 5.32 Å². The molecule has 4 aromatic rings. The summed E-state index contributed by atoms with van der Waals surface area (Å²) in [7, 11) is -3.88. The van der Waals surface area contributed by atoms with Gasteiger partial charge in [-0.25, -0.2) is 12.4 Å². The van der Waals surface area contributed by atoms with Crippen LogP contribution in [0.25, 0.3) is 22.0 Å². The Morgan fingerprint density at radius 3 is 2.34 bits per heavy atom. The number of hydrogen-bond donors (Lipinski definition) is 2. The van der Waals surface area contributed by atoms with E-state index in [-0.39, 0.29) is 22.8 Å². The smallest absolute Gasteiger partial charge is 0.268 e. The molecule has 0 bridgehead atoms. The fourth-order valence-electron chi connectivity index (χ4n) is 4.84. The molecule has 2 atom stereocenters. The highest BCUT2D eigenvalue weighted by Gasteiger charge is 2.24. The lowest BCUT2D eigenvalue weighted by Crippen LogP contribution is -2.36. The Hall–Kier alpha value is -3.42. The van der Waals surface area contributed by atoms with Crippen molar-refractivity contribution >= 4 is 26.8 Å². The molecule has 1 saturated carbocycles. The summed E-state index contributed by atoms with van der Waals surface area (Å²) in [4.78, 5) is 12.7. The van der Waals surface area contributed by atoms with E-state index in [9.17, 15) is 18.3 Å². The molecule has 0 spiro atoms. The molecule has 35 heavy (non-hydrogen) atoms. The Bertz CT molecular complexity index is 1440. The van der Waals surface area contributed by atoms with E-state index in [1.165, 1.54) is 28.2 Å². The topological polar surface area (TPSA) is 88.4 Å². The molecule has 180 valence electrons. The van der Waals surface area contributed by atoms with Gasteiger partial charge in [-0.15, -0.1) is 0 Å². The average molecular weight is 489 g/mol. The van der Waals surface area contributed by atoms with Gasteiger partial charge in [-0.1, -0.05) is 61.4 Å². The third-order valence-corrected chi connectivity index (χ3v) is 8.52. The van der Waals surface area contributed by atoms with Gasteiger partial charge in [-0.05, 0) is 48.7 Å². The maximum Gasteiger partial charge on any atom is 0.268 e. The molecular weight excluding hydrogens is 460 g/mol. The molecule has 1 aliphatic carbocycles. The summed E-state index contributed by atoms with van der Waals surface area (Å²) in [5.74, 6) is -0.210. The summed E-state index contributed by atoms with van der Waals surface area (Å²) in [6.07, 6.45) is 5.02. The Kier molecular flexibility index (Phi) is 6.45. The molecule has 0 radical (unpaired) electrons. The van der Waals surface area contributed by atoms with Gasteiger partial charge in [-0.3, -0.25) is 4.79 Å². The Balaban J connectivity index is 1.40. The molecule has 1 heterocycles. The standard InChI is InChI=1S/C28H28N2O4S/c31-27-13-7-4-10-22(27)18-29-28(32)21-14-16-23(17-15-21)35(33,34)30-19-25(20-8-2-1-3-9-20)24-11-5-6-12-26(24)30/h1-3,5-6,8-9,11-12,14-17,19,22,27,31H,4,7,10,13,18H2,(H,29,32)/t22-,27+/m1/s1. The third kappa shape index (κ3) is 4.61. The highest BCUT2D eigenvalue weighted by molar-refractivity contribution is 7.90. The normalized spacial score (nSPS) is 18.4. The average Bonchev–Trinajstić information content (AvgIpc) is 3.29. The fourth-order valence-corrected chi connectivity index (χ4v) is 6.21. The van der Waals surface area contributed by atoms with Crippen LogP contribution in [-0.2, 0) is 10.0 Å². The number of amides is 1. The first-order valence-electron chi connectivity index (χ1n) is 11.9. The van der Waals surface area contributed by atoms with Gasteiger partial charge in [0.2, 0.25) is 0 Å². The minimum atomic E-state index is -3.88. The summed E-state index contributed by atoms with van der Waals surface area (Å²) in [5, 5.41) is 13.8. The lowest BCUT2D eigenvalue weighted by atomic mass is 9.86. The first-order valence-corrected chi connectivity index (χ1v) is 13.4. The van der Waals surface area contributed by atoms with E-state index >= 15 is 0 Å². The van der Waals surface area contributed by atoms with Crippen molar-refractivity contribution in [2.75, 3.05) is 6.54 Å². The second-order valence-corrected chi connectivity index (χ2v) is 10.9. The van der Waals surface area contributed by atoms with E-state index in [0.29, 0.717) is 17.6 Å². The summed E-state index contributed by atoms with van der Waals surface area (Å²) in [6, 6.07) is 23.1. The summed E-state index contributed by atoms with van der Waals surface area (Å²) in [6.45, 7) is 0.414. The number of fused-ring (bicyclic) bond motifs is 1. The van der Waals surface area contributed by atoms with E-state index in [0.717, 1.165) is 42.2 Å². The number of aromatic nitrogens is 1. The van der Waals surface area contributed by atoms with Gasteiger partial charge in [0.25, 0.3) is 15.9 Å². The van der Waals surface area contributed by atoms with Crippen molar-refractivity contribution in [3.63, 3.8) is 0 Å². The van der Waals surface area contributed by atoms with Crippen LogP contribution in [0.3, 0.4) is 0 Å². The van der Waals surface area contributed by atoms with Gasteiger partial charge in [-0.2, -0.15) is 0 Å². The van der Waals surface area contributed by atoms with Crippen molar-refractivity contribution in [3.8, 4) is 11.1 Å². The zero-order valence-electron chi connectivity index (χ0n) is 19.3. The van der Waals surface area contributed by atoms with E-state index in [1.54, 1.807) is 12.3 Å². The van der Waals surface area contributed by atoms with Crippen LogP contribution in [0.2, 0.25) is 0 Å². The third-order valence-electron chi connectivity index (χ3n) is 6.83. The number of para-hydroxylation sites is 1. The number of carbonyl (C=O) groups is 1. The van der Waals surface area contributed by atoms with Crippen LogP contribution in [-0.4, -0.2) is 36.1 Å². The summed E-state index contributed by atoms with van der Waals surface area (Å²) >= 11 is 0. The number of benzene rings is 3. The molecule has 1 aliphatic rings. The predicted molar refractivity (Wildman–Crippen MR) is 137 cm³/mol. The van der Waals surface area contributed by atoms with Crippen LogP contribution in [0.1, 0.15) is 36.0 Å². The van der Waals surface area contributed by atoms with Crippen molar-refractivity contribution in [1.29, 1.82) is 0 Å². The first-order chi connectivity index (χ1) is 16.9. The molecule has 1 amide bonds. The van der Waals surface area contributed by atoms with Gasteiger partial charge >= 0.3 is 0 Å². The monoisotopic (exact) mass is 488 g/mol. The highest BCUT2D eigenvalue weighted by atomic mass is 32.2. The number of aliphatic hydroxyl groups excluding tert-OH is 1. The molecule has 2 N–H and O–H groups in total. The number of aliphatic hydroxyl groups is 1. The maximum atomic E-state index is 13.6. The molecule has 0 saturated heterocycles. The predicted octanol–water partition coefficient (Wildman–Crippen LogP) is 4.83. The number of nitrogens with one attached hydrogen (secondary N) is 1. The summed E-state index contributed by atoms with van der Waals surface area (Å²) in [5.41, 5.74) is 2.76. The van der Waals surface area contributed by atoms with Gasteiger partial charge < -0.3 is 10.4 Å². The van der Waals surface area contributed by atoms with Crippen LogP contribution in [0.5, 0.6) is 0 Å². The quantitative estimate of drug-likeness (QED) is 0.407. The molecular formula is C28H28N2O4S. The first kappa shape index (κ1) is 23.3. The SMILES string of the molecule is O=C(NC[C@H]1CCCC[C@@H]1O)c1ccc(S(=O)(=O)n2cc(-c3ccccc3)c3ccccc32)cc1. The van der Waals surface area contributed by atoms with Crippen LogP contribution in [0, 0.1) is 5.92 Å². The Morgan fingerprint density at radius 1 is 0.914 bits per heavy atom. The lowest BCUT2D eigenvalue weighted by molar-refractivity contribution is 0.0663. The van der Waals surface area contributed by atoms with Crippen molar-refractivity contribution in [3.05, 3.63) is 90.6 Å². The van der Waals surface area contributed by atoms with E-state index < -0.39 is 10.0 Å². The molecule has 5 rings (SSSR count). The highest BCUT2D eigenvalue weighted by Crippen LogP contribution is 2.33. The largest absolute Gasteiger partial charge is 0.393 e. The number of rotatable bonds is 6. The molecule has 3 aromatic carbocycles. The van der Waals surface area contributed by atoms with Crippen LogP contribution in [0.15, 0.2) is 90.0 Å². The number of carbonyl (C=O) groups excluding carboxylic acids is 1. The molecule has 1 aromatic heterocycles. The van der Waals surface area contributed by atoms with Crippen molar-refractivity contribution in [2.45, 2.75) is 36.7 Å². The van der Waals surface area contributed by atoms with Crippen LogP contribution < -0.4 is 5.32 Å². The Morgan fingerprint density at radius 2 is 1.60 bits per heavy atom. The minimum Gasteiger partial charge on any atom is -0.393 e. The second kappa shape index (κ2) is 9.68. The van der Waals surface area contributed by atoms with E-state index in [1.807, 2.05) is 48.5 Å². The van der Waals surface area contributed by atoms with Crippen LogP contribution in [0.4, 0.5) is 0 Å². The van der Waals surface area contributed by atoms with Crippen molar-refractivity contribution < 1.29 is 18.3 Å². The molecule has 7 heteroatoms. The maximum absolute atomic E-state index is 13.6. The molecule has 0 aliphatic heterocycles.